The van der Waals surface area contributed by atoms with Gasteiger partial charge in [-0.05, 0) is 91.3 Å². The number of halogens is 4. The van der Waals surface area contributed by atoms with E-state index in [9.17, 15) is 27.2 Å². The molecule has 0 saturated carbocycles. The normalized spacial score (nSPS) is 16.5. The zero-order chi connectivity index (χ0) is 42.4. The number of benzene rings is 3. The number of alkyl halides is 3. The molecule has 1 aliphatic carbocycles. The van der Waals surface area contributed by atoms with Gasteiger partial charge in [0.25, 0.3) is 5.56 Å². The molecular formula is C37H40F4N4O2S. The van der Waals surface area contributed by atoms with E-state index in [4.69, 9.17) is 12.3 Å². The summed E-state index contributed by atoms with van der Waals surface area (Å²) in [5, 5.41) is -0.139. The summed E-state index contributed by atoms with van der Waals surface area (Å²) in [5.74, 6) is -1.27. The minimum atomic E-state index is -4.62. The fourth-order valence-corrected chi connectivity index (χ4v) is 6.14. The van der Waals surface area contributed by atoms with Crippen molar-refractivity contribution in [2.75, 3.05) is 26.1 Å². The standard InChI is InChI=1S/C37H40F4N4O2S/c1-4-43(5-2)19-20-44(22-29-12-11-28(21-25(29)3)27-13-15-30(16-14-27)37(39,40)41)34(46)23-45-33-8-6-7-32(33)35(47)42-36(45)48-24-26-9-17-31(38)18-10-26/h9-18,21H,4-8,19-20,22-24H2,1-3H3/i4D2,5D2,11D,12D,21D,24D2. The van der Waals surface area contributed by atoms with Crippen molar-refractivity contribution in [2.24, 2.45) is 0 Å². The first kappa shape index (κ1) is 25.1. The SMILES string of the molecule is [2H]c1c([2H])c(-c2ccc(C(F)(F)F)cc2)c([2H])c(C)c1CN(CCN(C([2H])([2H])C)C([2H])([2H])C)C(=O)Cn1c(SC([2H])([2H])c2ccc(F)cc2)nc(=O)c2c1CCC2. The molecule has 0 fully saturated rings. The van der Waals surface area contributed by atoms with Gasteiger partial charge in [0, 0.05) is 44.8 Å². The number of carbonyl (C=O) groups is 1. The van der Waals surface area contributed by atoms with E-state index in [0.717, 1.165) is 55.1 Å². The van der Waals surface area contributed by atoms with Gasteiger partial charge in [0.05, 0.1) is 9.68 Å². The Balaban J connectivity index is 1.57. The summed E-state index contributed by atoms with van der Waals surface area (Å²) in [4.78, 5) is 33.9. The number of fused-ring (bicyclic) bond motifs is 1. The van der Waals surface area contributed by atoms with Crippen molar-refractivity contribution >= 4 is 17.7 Å². The fourth-order valence-electron chi connectivity index (χ4n) is 5.38. The molecule has 11 heteroatoms. The van der Waals surface area contributed by atoms with Crippen LogP contribution in [0.25, 0.3) is 11.1 Å². The quantitative estimate of drug-likeness (QED) is 0.0826. The fraction of sp³-hybridized carbons (Fsp3) is 0.378. The number of likely N-dealkylation sites (N-methyl/N-ethyl adjacent to an activating group) is 1. The molecule has 254 valence electrons. The van der Waals surface area contributed by atoms with Gasteiger partial charge in [-0.1, -0.05) is 68.0 Å². The largest absolute Gasteiger partial charge is 0.416 e. The number of carbonyl (C=O) groups excluding carboxylic acids is 1. The third-order valence-electron chi connectivity index (χ3n) is 8.04. The maximum Gasteiger partial charge on any atom is 0.416 e. The maximum absolute atomic E-state index is 14.5. The Bertz CT molecular complexity index is 2170. The average Bonchev–Trinajstić information content (AvgIpc) is 3.60. The van der Waals surface area contributed by atoms with Crippen molar-refractivity contribution in [3.05, 3.63) is 116 Å². The van der Waals surface area contributed by atoms with Gasteiger partial charge in [0.1, 0.15) is 12.4 Å². The third-order valence-corrected chi connectivity index (χ3v) is 8.87. The van der Waals surface area contributed by atoms with E-state index in [1.807, 2.05) is 0 Å². The van der Waals surface area contributed by atoms with Gasteiger partial charge in [-0.3, -0.25) is 9.59 Å². The first-order chi connectivity index (χ1) is 26.3. The topological polar surface area (TPSA) is 58.4 Å². The number of nitrogens with zero attached hydrogens (tertiary/aromatic N) is 4. The van der Waals surface area contributed by atoms with Crippen molar-refractivity contribution in [1.29, 1.82) is 0 Å². The predicted molar refractivity (Wildman–Crippen MR) is 181 cm³/mol. The van der Waals surface area contributed by atoms with Crippen LogP contribution in [-0.2, 0) is 42.6 Å². The summed E-state index contributed by atoms with van der Waals surface area (Å²) in [6.45, 7) is -2.25. The first-order valence-corrected chi connectivity index (χ1v) is 16.0. The van der Waals surface area contributed by atoms with Gasteiger partial charge < -0.3 is 14.4 Å². The second kappa shape index (κ2) is 15.5. The van der Waals surface area contributed by atoms with Crippen molar-refractivity contribution in [2.45, 2.75) is 70.2 Å². The minimum Gasteiger partial charge on any atom is -0.336 e. The van der Waals surface area contributed by atoms with E-state index in [1.54, 1.807) is 0 Å². The lowest BCUT2D eigenvalue weighted by Gasteiger charge is -2.28. The highest BCUT2D eigenvalue weighted by molar-refractivity contribution is 7.98. The summed E-state index contributed by atoms with van der Waals surface area (Å²) in [6, 6.07) is 7.36. The van der Waals surface area contributed by atoms with E-state index < -0.39 is 72.9 Å². The molecule has 48 heavy (non-hydrogen) atoms. The molecule has 4 aromatic rings. The smallest absolute Gasteiger partial charge is 0.336 e. The summed E-state index contributed by atoms with van der Waals surface area (Å²) >= 11 is 0.547. The van der Waals surface area contributed by atoms with Crippen LogP contribution in [0.2, 0.25) is 0 Å². The lowest BCUT2D eigenvalue weighted by Crippen LogP contribution is -2.40. The van der Waals surface area contributed by atoms with Crippen LogP contribution in [0.1, 0.15) is 66.1 Å². The van der Waals surface area contributed by atoms with Crippen molar-refractivity contribution in [3.8, 4) is 11.1 Å². The Kier molecular flexibility index (Phi) is 8.10. The Labute approximate surface area is 295 Å². The Morgan fingerprint density at radius 3 is 2.40 bits per heavy atom. The van der Waals surface area contributed by atoms with Crippen LogP contribution >= 0.6 is 11.8 Å². The molecule has 1 amide bonds. The number of thioether (sulfide) groups is 1. The highest BCUT2D eigenvalue weighted by Gasteiger charge is 2.30. The molecule has 1 aliphatic rings. The van der Waals surface area contributed by atoms with Gasteiger partial charge in [0.15, 0.2) is 5.16 Å². The molecule has 0 atom stereocenters. The van der Waals surface area contributed by atoms with Crippen LogP contribution in [0.4, 0.5) is 17.6 Å². The lowest BCUT2D eigenvalue weighted by molar-refractivity contribution is -0.137. The van der Waals surface area contributed by atoms with E-state index >= 15 is 0 Å². The van der Waals surface area contributed by atoms with E-state index in [0.29, 0.717) is 42.3 Å². The molecule has 3 aromatic carbocycles. The van der Waals surface area contributed by atoms with Crippen LogP contribution in [0.15, 0.2) is 76.6 Å². The molecule has 5 rings (SSSR count). The number of hydrogen-bond donors (Lipinski definition) is 0. The van der Waals surface area contributed by atoms with Crippen LogP contribution in [0.3, 0.4) is 0 Å². The molecule has 1 aromatic heterocycles. The number of amides is 1. The molecule has 0 aliphatic heterocycles. The molecule has 0 radical (unpaired) electrons. The summed E-state index contributed by atoms with van der Waals surface area (Å²) in [7, 11) is 0. The van der Waals surface area contributed by atoms with Gasteiger partial charge in [-0.25, -0.2) is 4.39 Å². The van der Waals surface area contributed by atoms with E-state index in [-0.39, 0.29) is 52.1 Å². The second-order valence-electron chi connectivity index (χ2n) is 11.1. The van der Waals surface area contributed by atoms with Crippen LogP contribution < -0.4 is 5.56 Å². The summed E-state index contributed by atoms with van der Waals surface area (Å²) < 4.78 is 132. The number of rotatable bonds is 13. The Hall–Kier alpha value is -3.96. The second-order valence-corrected chi connectivity index (χ2v) is 11.9. The van der Waals surface area contributed by atoms with Crippen LogP contribution in [-0.4, -0.2) is 51.3 Å². The first-order valence-electron chi connectivity index (χ1n) is 19.7. The number of aromatic nitrogens is 2. The van der Waals surface area contributed by atoms with Crippen molar-refractivity contribution in [1.82, 2.24) is 19.4 Å². The zero-order valence-electron chi connectivity index (χ0n) is 35.6. The van der Waals surface area contributed by atoms with Crippen LogP contribution in [0, 0.1) is 12.7 Å². The van der Waals surface area contributed by atoms with Gasteiger partial charge >= 0.3 is 6.18 Å². The molecule has 0 bridgehead atoms. The van der Waals surface area contributed by atoms with Crippen LogP contribution in [0.5, 0.6) is 0 Å². The third kappa shape index (κ3) is 8.54. The zero-order valence-corrected chi connectivity index (χ0v) is 27.4. The molecular weight excluding hydrogens is 640 g/mol. The summed E-state index contributed by atoms with van der Waals surface area (Å²) in [5.41, 5.74) is -2.68. The molecule has 6 nitrogen and oxygen atoms in total. The van der Waals surface area contributed by atoms with Gasteiger partial charge in [-0.15, -0.1) is 0 Å². The number of hydrogen-bond acceptors (Lipinski definition) is 5. The highest BCUT2D eigenvalue weighted by atomic mass is 32.2. The Morgan fingerprint density at radius 1 is 1.02 bits per heavy atom. The molecule has 0 spiro atoms. The average molecular weight is 690 g/mol. The summed E-state index contributed by atoms with van der Waals surface area (Å²) in [6.07, 6.45) is -3.34. The molecule has 0 saturated heterocycles. The molecule has 1 heterocycles. The van der Waals surface area contributed by atoms with Crippen molar-refractivity contribution in [3.63, 3.8) is 0 Å². The molecule has 0 unspecified atom stereocenters. The monoisotopic (exact) mass is 689 g/mol. The lowest BCUT2D eigenvalue weighted by atomic mass is 9.98. The van der Waals surface area contributed by atoms with Gasteiger partial charge in [0.2, 0.25) is 5.91 Å². The predicted octanol–water partition coefficient (Wildman–Crippen LogP) is 7.53. The molecule has 0 N–H and O–H groups in total. The maximum atomic E-state index is 14.5. The van der Waals surface area contributed by atoms with E-state index in [2.05, 4.69) is 4.98 Å². The van der Waals surface area contributed by atoms with Gasteiger partial charge in [-0.2, -0.15) is 18.2 Å². The Morgan fingerprint density at radius 2 is 1.73 bits per heavy atom. The highest BCUT2D eigenvalue weighted by Crippen LogP contribution is 2.32. The van der Waals surface area contributed by atoms with E-state index in [1.165, 1.54) is 28.5 Å². The van der Waals surface area contributed by atoms with Crippen molar-refractivity contribution < 1.29 is 34.7 Å². The minimum absolute atomic E-state index is 0.0464.